The topological polar surface area (TPSA) is 37.4 Å². The molecule has 1 aromatic heterocycles. The smallest absolute Gasteiger partial charge is 0.207 e. The maximum atomic E-state index is 12.7. The van der Waals surface area contributed by atoms with E-state index < -0.39 is 10.0 Å². The van der Waals surface area contributed by atoms with E-state index in [1.165, 1.54) is 11.3 Å². The molecule has 0 atom stereocenters. The van der Waals surface area contributed by atoms with Gasteiger partial charge in [-0.2, -0.15) is 4.31 Å². The zero-order chi connectivity index (χ0) is 14.0. The van der Waals surface area contributed by atoms with E-state index in [-0.39, 0.29) is 5.88 Å². The molecule has 1 aromatic rings. The van der Waals surface area contributed by atoms with Gasteiger partial charge in [-0.05, 0) is 36.6 Å². The summed E-state index contributed by atoms with van der Waals surface area (Å²) in [5, 5.41) is 1.88. The van der Waals surface area contributed by atoms with Gasteiger partial charge < -0.3 is 0 Å². The Labute approximate surface area is 124 Å². The molecule has 0 unspecified atom stereocenters. The second kappa shape index (κ2) is 6.12. The Bertz CT molecular complexity index is 531. The van der Waals surface area contributed by atoms with Gasteiger partial charge in [-0.15, -0.1) is 22.9 Å². The number of halogens is 1. The Morgan fingerprint density at radius 2 is 2.05 bits per heavy atom. The van der Waals surface area contributed by atoms with Crippen LogP contribution in [0.15, 0.2) is 10.3 Å². The van der Waals surface area contributed by atoms with Gasteiger partial charge in [0.15, 0.2) is 0 Å². The molecule has 6 heteroatoms. The summed E-state index contributed by atoms with van der Waals surface area (Å²) in [6, 6.07) is 0. The highest BCUT2D eigenvalue weighted by atomic mass is 35.5. The van der Waals surface area contributed by atoms with E-state index in [1.807, 2.05) is 12.3 Å². The van der Waals surface area contributed by atoms with Crippen molar-refractivity contribution in [2.45, 2.75) is 43.9 Å². The molecule has 0 amide bonds. The van der Waals surface area contributed by atoms with Crippen LogP contribution in [0.25, 0.3) is 0 Å². The number of sulfonamides is 1. The molecule has 0 aliphatic carbocycles. The van der Waals surface area contributed by atoms with Crippen LogP contribution in [0, 0.1) is 12.8 Å². The molecule has 1 fully saturated rings. The lowest BCUT2D eigenvalue weighted by atomic mass is 9.96. The maximum absolute atomic E-state index is 12.7. The van der Waals surface area contributed by atoms with Crippen LogP contribution in [0.1, 0.15) is 36.6 Å². The Kier molecular flexibility index (Phi) is 4.93. The van der Waals surface area contributed by atoms with Crippen LogP contribution >= 0.6 is 22.9 Å². The zero-order valence-electron chi connectivity index (χ0n) is 11.4. The molecule has 1 saturated heterocycles. The van der Waals surface area contributed by atoms with Gasteiger partial charge in [0.25, 0.3) is 0 Å². The highest BCUT2D eigenvalue weighted by Gasteiger charge is 2.32. The maximum Gasteiger partial charge on any atom is 0.244 e. The minimum Gasteiger partial charge on any atom is -0.207 e. The summed E-state index contributed by atoms with van der Waals surface area (Å²) in [7, 11) is -3.36. The average molecular weight is 322 g/mol. The monoisotopic (exact) mass is 321 g/mol. The number of thiophene rings is 1. The summed E-state index contributed by atoms with van der Waals surface area (Å²) >= 11 is 7.30. The molecule has 0 saturated carbocycles. The standard InChI is InChI=1S/C13H20ClNO2S2/c1-3-11-4-6-15(7-5-11)19(16,17)13-10(2)9-18-12(13)8-14/h9,11H,3-8H2,1-2H3. The molecular formula is C13H20ClNO2S2. The van der Waals surface area contributed by atoms with Gasteiger partial charge >= 0.3 is 0 Å². The van der Waals surface area contributed by atoms with Crippen LogP contribution in [0.4, 0.5) is 0 Å². The van der Waals surface area contributed by atoms with E-state index in [9.17, 15) is 8.42 Å². The third kappa shape index (κ3) is 2.99. The van der Waals surface area contributed by atoms with Crippen molar-refractivity contribution in [3.05, 3.63) is 15.8 Å². The highest BCUT2D eigenvalue weighted by Crippen LogP contribution is 2.33. The van der Waals surface area contributed by atoms with Gasteiger partial charge in [0.1, 0.15) is 4.90 Å². The van der Waals surface area contributed by atoms with Gasteiger partial charge in [-0.3, -0.25) is 0 Å². The molecule has 0 spiro atoms. The van der Waals surface area contributed by atoms with Gasteiger partial charge in [-0.25, -0.2) is 8.42 Å². The van der Waals surface area contributed by atoms with E-state index >= 15 is 0 Å². The molecule has 0 bridgehead atoms. The SMILES string of the molecule is CCC1CCN(S(=O)(=O)c2c(C)csc2CCl)CC1. The van der Waals surface area contributed by atoms with Crippen LogP contribution < -0.4 is 0 Å². The molecular weight excluding hydrogens is 302 g/mol. The highest BCUT2D eigenvalue weighted by molar-refractivity contribution is 7.89. The first kappa shape index (κ1) is 15.3. The molecule has 0 radical (unpaired) electrons. The first-order valence-electron chi connectivity index (χ1n) is 6.63. The third-order valence-corrected chi connectivity index (χ3v) is 7.65. The largest absolute Gasteiger partial charge is 0.244 e. The molecule has 1 aliphatic heterocycles. The van der Waals surface area contributed by atoms with Crippen molar-refractivity contribution in [2.75, 3.05) is 13.1 Å². The Morgan fingerprint density at radius 1 is 1.42 bits per heavy atom. The fraction of sp³-hybridized carbons (Fsp3) is 0.692. The fourth-order valence-corrected chi connectivity index (χ4v) is 6.09. The predicted octanol–water partition coefficient (Wildman–Crippen LogP) is 3.61. The number of hydrogen-bond acceptors (Lipinski definition) is 3. The zero-order valence-corrected chi connectivity index (χ0v) is 13.7. The van der Waals surface area contributed by atoms with E-state index in [0.717, 1.165) is 29.7 Å². The molecule has 2 rings (SSSR count). The summed E-state index contributed by atoms with van der Waals surface area (Å²) in [5.41, 5.74) is 0.818. The van der Waals surface area contributed by atoms with Crippen molar-refractivity contribution in [2.24, 2.45) is 5.92 Å². The lowest BCUT2D eigenvalue weighted by Crippen LogP contribution is -2.38. The van der Waals surface area contributed by atoms with Crippen molar-refractivity contribution in [1.82, 2.24) is 4.31 Å². The van der Waals surface area contributed by atoms with Gasteiger partial charge in [0, 0.05) is 18.0 Å². The number of hydrogen-bond donors (Lipinski definition) is 0. The Balaban J connectivity index is 2.26. The number of aryl methyl sites for hydroxylation is 1. The summed E-state index contributed by atoms with van der Waals surface area (Å²) in [4.78, 5) is 1.21. The van der Waals surface area contributed by atoms with E-state index in [2.05, 4.69) is 6.92 Å². The van der Waals surface area contributed by atoms with Gasteiger partial charge in [0.2, 0.25) is 10.0 Å². The summed E-state index contributed by atoms with van der Waals surface area (Å²) in [6.45, 7) is 5.29. The molecule has 2 heterocycles. The predicted molar refractivity (Wildman–Crippen MR) is 80.4 cm³/mol. The molecule has 0 N–H and O–H groups in total. The van der Waals surface area contributed by atoms with Gasteiger partial charge in [0.05, 0.1) is 5.88 Å². The second-order valence-electron chi connectivity index (χ2n) is 5.06. The minimum atomic E-state index is -3.36. The van der Waals surface area contributed by atoms with Crippen LogP contribution in [0.2, 0.25) is 0 Å². The minimum absolute atomic E-state index is 0.262. The fourth-order valence-electron chi connectivity index (χ4n) is 2.61. The Morgan fingerprint density at radius 3 is 2.58 bits per heavy atom. The van der Waals surface area contributed by atoms with E-state index in [4.69, 9.17) is 11.6 Å². The van der Waals surface area contributed by atoms with Crippen molar-refractivity contribution in [3.8, 4) is 0 Å². The number of piperidine rings is 1. The summed E-state index contributed by atoms with van der Waals surface area (Å²) in [6.07, 6.45) is 3.07. The lowest BCUT2D eigenvalue weighted by molar-refractivity contribution is 0.269. The molecule has 1 aliphatic rings. The Hall–Kier alpha value is -0.100. The van der Waals surface area contributed by atoms with Crippen LogP contribution in [-0.2, 0) is 15.9 Å². The van der Waals surface area contributed by atoms with Crippen molar-refractivity contribution in [1.29, 1.82) is 0 Å². The molecule has 0 aromatic carbocycles. The molecule has 108 valence electrons. The number of alkyl halides is 1. The normalized spacial score (nSPS) is 18.9. The molecule has 3 nitrogen and oxygen atoms in total. The van der Waals surface area contributed by atoms with E-state index in [0.29, 0.717) is 23.9 Å². The summed E-state index contributed by atoms with van der Waals surface area (Å²) < 4.78 is 27.1. The number of rotatable bonds is 4. The third-order valence-electron chi connectivity index (χ3n) is 3.86. The van der Waals surface area contributed by atoms with Gasteiger partial charge in [-0.1, -0.05) is 13.3 Å². The van der Waals surface area contributed by atoms with Crippen LogP contribution in [0.5, 0.6) is 0 Å². The molecule has 19 heavy (non-hydrogen) atoms. The van der Waals surface area contributed by atoms with Crippen LogP contribution in [0.3, 0.4) is 0 Å². The summed E-state index contributed by atoms with van der Waals surface area (Å²) in [5.74, 6) is 0.931. The lowest BCUT2D eigenvalue weighted by Gasteiger charge is -2.30. The van der Waals surface area contributed by atoms with Crippen molar-refractivity contribution < 1.29 is 8.42 Å². The first-order valence-corrected chi connectivity index (χ1v) is 9.49. The van der Waals surface area contributed by atoms with E-state index in [1.54, 1.807) is 4.31 Å². The quantitative estimate of drug-likeness (QED) is 0.794. The second-order valence-corrected chi connectivity index (χ2v) is 8.17. The first-order chi connectivity index (χ1) is 9.00. The average Bonchev–Trinajstić information content (AvgIpc) is 2.80. The van der Waals surface area contributed by atoms with Crippen molar-refractivity contribution >= 4 is 33.0 Å². The number of nitrogens with zero attached hydrogens (tertiary/aromatic N) is 1. The van der Waals surface area contributed by atoms with Crippen molar-refractivity contribution in [3.63, 3.8) is 0 Å². The van der Waals surface area contributed by atoms with Crippen LogP contribution in [-0.4, -0.2) is 25.8 Å².